The zero-order valence-electron chi connectivity index (χ0n) is 20.4. The highest BCUT2D eigenvalue weighted by Gasteiger charge is 2.20. The van der Waals surface area contributed by atoms with Gasteiger partial charge in [-0.1, -0.05) is 115 Å². The summed E-state index contributed by atoms with van der Waals surface area (Å²) in [6.07, 6.45) is 20.4. The summed E-state index contributed by atoms with van der Waals surface area (Å²) in [5.74, 6) is -1.95. The number of hydrogen-bond acceptors (Lipinski definition) is 0. The number of halogens is 3. The second kappa shape index (κ2) is 13.8. The van der Waals surface area contributed by atoms with Crippen molar-refractivity contribution < 1.29 is 13.2 Å². The van der Waals surface area contributed by atoms with E-state index < -0.39 is 17.5 Å². The fourth-order valence-electron chi connectivity index (χ4n) is 5.33. The Morgan fingerprint density at radius 1 is 0.636 bits per heavy atom. The standard InChI is InChI=1S/C30H41F3/c1-2-3-4-5-6-7-8-9-10-23-11-13-24(14-12-23)15-16-25-17-19-26(20-18-25)27-21-28(31)30(33)29(32)22-27/h17-24H,2-16H2,1H3. The van der Waals surface area contributed by atoms with Gasteiger partial charge in [0.05, 0.1) is 0 Å². The molecule has 0 amide bonds. The van der Waals surface area contributed by atoms with Crippen molar-refractivity contribution in [3.63, 3.8) is 0 Å². The van der Waals surface area contributed by atoms with Crippen molar-refractivity contribution in [3.05, 3.63) is 59.4 Å². The molecule has 0 aliphatic heterocycles. The first-order valence-corrected chi connectivity index (χ1v) is 13.3. The lowest BCUT2D eigenvalue weighted by atomic mass is 9.77. The van der Waals surface area contributed by atoms with Gasteiger partial charge in [0.15, 0.2) is 17.5 Å². The molecule has 3 rings (SSSR count). The number of benzene rings is 2. The van der Waals surface area contributed by atoms with Crippen LogP contribution >= 0.6 is 0 Å². The Bertz CT molecular complexity index is 796. The first-order chi connectivity index (χ1) is 16.1. The lowest BCUT2D eigenvalue weighted by Crippen LogP contribution is -2.15. The SMILES string of the molecule is CCCCCCCCCCC1CCC(CCc2ccc(-c3cc(F)c(F)c(F)c3)cc2)CC1. The molecule has 0 nitrogen and oxygen atoms in total. The van der Waals surface area contributed by atoms with Gasteiger partial charge in [0.1, 0.15) is 0 Å². The van der Waals surface area contributed by atoms with E-state index in [0.717, 1.165) is 30.4 Å². The van der Waals surface area contributed by atoms with Crippen LogP contribution < -0.4 is 0 Å². The second-order valence-corrected chi connectivity index (χ2v) is 10.1. The summed E-state index contributed by atoms with van der Waals surface area (Å²) >= 11 is 0. The van der Waals surface area contributed by atoms with Crippen molar-refractivity contribution >= 4 is 0 Å². The Hall–Kier alpha value is -1.77. The van der Waals surface area contributed by atoms with Crippen LogP contribution in [0, 0.1) is 29.3 Å². The van der Waals surface area contributed by atoms with Crippen LogP contribution in [-0.2, 0) is 6.42 Å². The normalized spacial score (nSPS) is 18.5. The van der Waals surface area contributed by atoms with E-state index in [0.29, 0.717) is 11.1 Å². The highest BCUT2D eigenvalue weighted by molar-refractivity contribution is 5.63. The molecule has 1 aliphatic rings. The third-order valence-corrected chi connectivity index (χ3v) is 7.54. The van der Waals surface area contributed by atoms with Gasteiger partial charge in [-0.25, -0.2) is 13.2 Å². The molecule has 1 fully saturated rings. The fourth-order valence-corrected chi connectivity index (χ4v) is 5.33. The Morgan fingerprint density at radius 3 is 1.73 bits per heavy atom. The van der Waals surface area contributed by atoms with Crippen LogP contribution in [0.1, 0.15) is 102 Å². The van der Waals surface area contributed by atoms with E-state index in [2.05, 4.69) is 6.92 Å². The largest absolute Gasteiger partial charge is 0.204 e. The Morgan fingerprint density at radius 2 is 1.15 bits per heavy atom. The van der Waals surface area contributed by atoms with Gasteiger partial charge in [-0.3, -0.25) is 0 Å². The average Bonchev–Trinajstić information content (AvgIpc) is 2.83. The summed E-state index contributed by atoms with van der Waals surface area (Å²) < 4.78 is 40.2. The number of unbranched alkanes of at least 4 members (excludes halogenated alkanes) is 7. The smallest absolute Gasteiger partial charge is 0.194 e. The van der Waals surface area contributed by atoms with Crippen LogP contribution in [0.4, 0.5) is 13.2 Å². The van der Waals surface area contributed by atoms with Gasteiger partial charge in [-0.2, -0.15) is 0 Å². The second-order valence-electron chi connectivity index (χ2n) is 10.1. The van der Waals surface area contributed by atoms with Gasteiger partial charge >= 0.3 is 0 Å². The first-order valence-electron chi connectivity index (χ1n) is 13.3. The molecule has 3 heteroatoms. The maximum atomic E-state index is 13.5. The topological polar surface area (TPSA) is 0 Å². The zero-order valence-corrected chi connectivity index (χ0v) is 20.4. The van der Waals surface area contributed by atoms with Crippen LogP contribution in [-0.4, -0.2) is 0 Å². The van der Waals surface area contributed by atoms with Crippen molar-refractivity contribution in [1.29, 1.82) is 0 Å². The van der Waals surface area contributed by atoms with Gasteiger partial charge in [0.2, 0.25) is 0 Å². The highest BCUT2D eigenvalue weighted by Crippen LogP contribution is 2.34. The molecule has 0 bridgehead atoms. The van der Waals surface area contributed by atoms with E-state index in [1.54, 1.807) is 0 Å². The summed E-state index contributed by atoms with van der Waals surface area (Å²) in [5, 5.41) is 0. The van der Waals surface area contributed by atoms with Crippen molar-refractivity contribution in [2.24, 2.45) is 11.8 Å². The van der Waals surface area contributed by atoms with E-state index in [4.69, 9.17) is 0 Å². The lowest BCUT2D eigenvalue weighted by molar-refractivity contribution is 0.248. The molecule has 33 heavy (non-hydrogen) atoms. The molecule has 0 radical (unpaired) electrons. The Labute approximate surface area is 199 Å². The summed E-state index contributed by atoms with van der Waals surface area (Å²) in [6.45, 7) is 2.27. The predicted octanol–water partition coefficient (Wildman–Crippen LogP) is 10.0. The van der Waals surface area contributed by atoms with Gasteiger partial charge in [-0.15, -0.1) is 0 Å². The first kappa shape index (κ1) is 25.8. The van der Waals surface area contributed by atoms with Crippen LogP contribution in [0.2, 0.25) is 0 Å². The minimum absolute atomic E-state index is 0.368. The third-order valence-electron chi connectivity index (χ3n) is 7.54. The summed E-state index contributed by atoms with van der Waals surface area (Å²) in [5.41, 5.74) is 2.33. The van der Waals surface area contributed by atoms with E-state index in [-0.39, 0.29) is 0 Å². The van der Waals surface area contributed by atoms with Gasteiger partial charge < -0.3 is 0 Å². The summed E-state index contributed by atoms with van der Waals surface area (Å²) in [4.78, 5) is 0. The van der Waals surface area contributed by atoms with Crippen molar-refractivity contribution in [2.75, 3.05) is 0 Å². The highest BCUT2D eigenvalue weighted by atomic mass is 19.2. The van der Waals surface area contributed by atoms with E-state index in [1.807, 2.05) is 24.3 Å². The minimum atomic E-state index is -1.41. The third kappa shape index (κ3) is 8.50. The molecule has 0 spiro atoms. The monoisotopic (exact) mass is 458 g/mol. The summed E-state index contributed by atoms with van der Waals surface area (Å²) in [7, 11) is 0. The van der Waals surface area contributed by atoms with Gasteiger partial charge in [0.25, 0.3) is 0 Å². The molecule has 2 aromatic rings. The Balaban J connectivity index is 1.32. The zero-order chi connectivity index (χ0) is 23.5. The molecule has 1 saturated carbocycles. The minimum Gasteiger partial charge on any atom is -0.204 e. The maximum absolute atomic E-state index is 13.5. The fraction of sp³-hybridized carbons (Fsp3) is 0.600. The van der Waals surface area contributed by atoms with E-state index >= 15 is 0 Å². The molecule has 1 aliphatic carbocycles. The van der Waals surface area contributed by atoms with Crippen molar-refractivity contribution in [2.45, 2.75) is 103 Å². The van der Waals surface area contributed by atoms with Crippen LogP contribution in [0.3, 0.4) is 0 Å². The molecule has 182 valence electrons. The van der Waals surface area contributed by atoms with Crippen LogP contribution in [0.15, 0.2) is 36.4 Å². The average molecular weight is 459 g/mol. The van der Waals surface area contributed by atoms with E-state index in [9.17, 15) is 13.2 Å². The summed E-state index contributed by atoms with van der Waals surface area (Å²) in [6, 6.07) is 9.92. The maximum Gasteiger partial charge on any atom is 0.194 e. The number of aryl methyl sites for hydroxylation is 1. The molecule has 0 atom stereocenters. The van der Waals surface area contributed by atoms with Crippen LogP contribution in [0.25, 0.3) is 11.1 Å². The quantitative estimate of drug-likeness (QED) is 0.207. The predicted molar refractivity (Wildman–Crippen MR) is 133 cm³/mol. The molecule has 0 saturated heterocycles. The van der Waals surface area contributed by atoms with Gasteiger partial charge in [-0.05, 0) is 53.5 Å². The molecular formula is C30H41F3. The number of rotatable bonds is 13. The Kier molecular flexibility index (Phi) is 10.8. The molecule has 0 aromatic heterocycles. The van der Waals surface area contributed by atoms with Crippen molar-refractivity contribution in [1.82, 2.24) is 0 Å². The molecule has 2 aromatic carbocycles. The molecule has 0 N–H and O–H groups in total. The van der Waals surface area contributed by atoms with Crippen molar-refractivity contribution in [3.8, 4) is 11.1 Å². The molecule has 0 heterocycles. The van der Waals surface area contributed by atoms with Crippen LogP contribution in [0.5, 0.6) is 0 Å². The molecule has 0 unspecified atom stereocenters. The van der Waals surface area contributed by atoms with Gasteiger partial charge in [0, 0.05) is 0 Å². The number of hydrogen-bond donors (Lipinski definition) is 0. The lowest BCUT2D eigenvalue weighted by Gasteiger charge is -2.28. The van der Waals surface area contributed by atoms with E-state index in [1.165, 1.54) is 95.5 Å². The molecular weight excluding hydrogens is 417 g/mol.